The molecule has 4 heteroatoms. The fourth-order valence-corrected chi connectivity index (χ4v) is 4.46. The first-order valence-corrected chi connectivity index (χ1v) is 12.7. The summed E-state index contributed by atoms with van der Waals surface area (Å²) in [6.45, 7) is 3.01. The molecule has 1 aromatic carbocycles. The molecule has 31 heavy (non-hydrogen) atoms. The zero-order valence-corrected chi connectivity index (χ0v) is 19.9. The molecule has 0 N–H and O–H groups in total. The molecule has 1 aromatic heterocycles. The predicted molar refractivity (Wildman–Crippen MR) is 131 cm³/mol. The molecule has 0 saturated heterocycles. The van der Waals surface area contributed by atoms with Gasteiger partial charge in [0, 0.05) is 18.0 Å². The molecule has 1 saturated carbocycles. The van der Waals surface area contributed by atoms with Gasteiger partial charge in [0.25, 0.3) is 0 Å². The summed E-state index contributed by atoms with van der Waals surface area (Å²) in [5, 5.41) is 0.631. The highest BCUT2D eigenvalue weighted by Gasteiger charge is 2.15. The molecular weight excluding hydrogens is 404 g/mol. The molecule has 0 amide bonds. The number of rotatable bonds is 13. The van der Waals surface area contributed by atoms with E-state index >= 15 is 0 Å². The summed E-state index contributed by atoms with van der Waals surface area (Å²) in [6, 6.07) is 5.87. The average Bonchev–Trinajstić information content (AvgIpc) is 2.81. The Labute approximate surface area is 194 Å². The number of aromatic nitrogens is 2. The second-order valence-electron chi connectivity index (χ2n) is 8.91. The Morgan fingerprint density at radius 2 is 1.61 bits per heavy atom. The van der Waals surface area contributed by atoms with Gasteiger partial charge in [-0.1, -0.05) is 63.5 Å². The maximum absolute atomic E-state index is 6.48. The van der Waals surface area contributed by atoms with E-state index in [0.29, 0.717) is 10.9 Å². The summed E-state index contributed by atoms with van der Waals surface area (Å²) < 4.78 is 5.99. The van der Waals surface area contributed by atoms with Crippen LogP contribution in [0.2, 0.25) is 5.02 Å². The van der Waals surface area contributed by atoms with Crippen LogP contribution in [0.15, 0.2) is 30.6 Å². The highest BCUT2D eigenvalue weighted by atomic mass is 35.5. The van der Waals surface area contributed by atoms with E-state index in [1.165, 1.54) is 82.6 Å². The van der Waals surface area contributed by atoms with E-state index in [9.17, 15) is 0 Å². The molecule has 2 aromatic rings. The number of benzene rings is 1. The highest BCUT2D eigenvalue weighted by Crippen LogP contribution is 2.31. The van der Waals surface area contributed by atoms with Crippen LogP contribution in [0.5, 0.6) is 5.75 Å². The quantitative estimate of drug-likeness (QED) is 0.293. The molecule has 0 aliphatic heterocycles. The van der Waals surface area contributed by atoms with Gasteiger partial charge in [-0.3, -0.25) is 0 Å². The van der Waals surface area contributed by atoms with Crippen molar-refractivity contribution in [3.8, 4) is 17.1 Å². The summed E-state index contributed by atoms with van der Waals surface area (Å²) in [6.07, 6.45) is 22.9. The Bertz CT molecular complexity index is 756. The van der Waals surface area contributed by atoms with Gasteiger partial charge in [0.2, 0.25) is 0 Å². The molecule has 1 radical (unpaired) electrons. The monoisotopic (exact) mass is 441 g/mol. The second kappa shape index (κ2) is 13.7. The van der Waals surface area contributed by atoms with Crippen molar-refractivity contribution in [3.05, 3.63) is 47.6 Å². The van der Waals surface area contributed by atoms with Gasteiger partial charge in [-0.15, -0.1) is 0 Å². The number of unbranched alkanes of at least 4 members (excludes halogenated alkanes) is 7. The molecule has 3 rings (SSSR count). The van der Waals surface area contributed by atoms with Crippen molar-refractivity contribution < 1.29 is 4.74 Å². The van der Waals surface area contributed by atoms with Crippen LogP contribution in [-0.2, 0) is 6.42 Å². The molecule has 1 heterocycles. The predicted octanol–water partition coefficient (Wildman–Crippen LogP) is 8.25. The van der Waals surface area contributed by atoms with Crippen molar-refractivity contribution in [2.75, 3.05) is 6.61 Å². The molecule has 0 atom stereocenters. The lowest BCUT2D eigenvalue weighted by molar-refractivity contribution is 0.221. The third-order valence-electron chi connectivity index (χ3n) is 6.25. The Hall–Kier alpha value is -1.61. The summed E-state index contributed by atoms with van der Waals surface area (Å²) >= 11 is 6.48. The summed E-state index contributed by atoms with van der Waals surface area (Å²) in [4.78, 5) is 9.15. The van der Waals surface area contributed by atoms with E-state index in [-0.39, 0.29) is 0 Å². The molecule has 169 valence electrons. The van der Waals surface area contributed by atoms with Crippen LogP contribution < -0.4 is 4.74 Å². The summed E-state index contributed by atoms with van der Waals surface area (Å²) in [5.74, 6) is 2.11. The first-order valence-electron chi connectivity index (χ1n) is 12.3. The molecule has 0 bridgehead atoms. The number of ether oxygens (including phenoxy) is 1. The van der Waals surface area contributed by atoms with E-state index in [2.05, 4.69) is 23.3 Å². The third kappa shape index (κ3) is 8.44. The Morgan fingerprint density at radius 3 is 2.29 bits per heavy atom. The molecular formula is C27H38ClN2O. The van der Waals surface area contributed by atoms with Crippen molar-refractivity contribution in [1.29, 1.82) is 0 Å². The van der Waals surface area contributed by atoms with E-state index in [0.717, 1.165) is 30.2 Å². The number of hydrogen-bond acceptors (Lipinski definition) is 3. The van der Waals surface area contributed by atoms with Gasteiger partial charge in [-0.05, 0) is 74.6 Å². The molecule has 0 unspecified atom stereocenters. The minimum absolute atomic E-state index is 0.631. The van der Waals surface area contributed by atoms with Gasteiger partial charge >= 0.3 is 0 Å². The highest BCUT2D eigenvalue weighted by molar-refractivity contribution is 6.32. The maximum Gasteiger partial charge on any atom is 0.159 e. The minimum Gasteiger partial charge on any atom is -0.492 e. The third-order valence-corrected chi connectivity index (χ3v) is 6.54. The second-order valence-corrected chi connectivity index (χ2v) is 9.31. The standard InChI is InChI=1S/C27H38ClN2O/c1-2-3-4-5-6-7-8-10-15-23-19-29-27(30-20-23)24-16-17-26(25(28)18-24)31-21-22-13-11-9-12-14-22/h9,16-20,22H,2-8,10-15,21H2,1H3. The van der Waals surface area contributed by atoms with Crippen LogP contribution in [0.3, 0.4) is 0 Å². The Morgan fingerprint density at radius 1 is 0.935 bits per heavy atom. The van der Waals surface area contributed by atoms with Crippen molar-refractivity contribution in [1.82, 2.24) is 9.97 Å². The van der Waals surface area contributed by atoms with E-state index in [4.69, 9.17) is 16.3 Å². The topological polar surface area (TPSA) is 35.0 Å². The molecule has 1 fully saturated rings. The van der Waals surface area contributed by atoms with Crippen LogP contribution >= 0.6 is 11.6 Å². The first-order chi connectivity index (χ1) is 15.3. The van der Waals surface area contributed by atoms with Gasteiger partial charge in [0.1, 0.15) is 5.75 Å². The van der Waals surface area contributed by atoms with Crippen LogP contribution in [0.4, 0.5) is 0 Å². The lowest BCUT2D eigenvalue weighted by Crippen LogP contribution is -2.15. The smallest absolute Gasteiger partial charge is 0.159 e. The van der Waals surface area contributed by atoms with Gasteiger partial charge in [0.05, 0.1) is 11.6 Å². The SMILES string of the molecule is CCCCCCCCCCc1cnc(-c2ccc(OCC3CC[CH]CC3)c(Cl)c2)nc1. The number of nitrogens with zero attached hydrogens (tertiary/aromatic N) is 2. The average molecular weight is 442 g/mol. The summed E-state index contributed by atoms with van der Waals surface area (Å²) in [5.41, 5.74) is 2.15. The van der Waals surface area contributed by atoms with Crippen molar-refractivity contribution in [2.24, 2.45) is 5.92 Å². The van der Waals surface area contributed by atoms with Crippen molar-refractivity contribution in [2.45, 2.75) is 90.4 Å². The lowest BCUT2D eigenvalue weighted by Gasteiger charge is -2.21. The van der Waals surface area contributed by atoms with Gasteiger partial charge in [0.15, 0.2) is 5.82 Å². The zero-order valence-electron chi connectivity index (χ0n) is 19.1. The van der Waals surface area contributed by atoms with E-state index < -0.39 is 0 Å². The number of aryl methyl sites for hydroxylation is 1. The van der Waals surface area contributed by atoms with Crippen LogP contribution in [0.1, 0.15) is 89.5 Å². The number of halogens is 1. The van der Waals surface area contributed by atoms with Gasteiger partial charge in [-0.25, -0.2) is 9.97 Å². The summed E-state index contributed by atoms with van der Waals surface area (Å²) in [7, 11) is 0. The van der Waals surface area contributed by atoms with Crippen LogP contribution in [-0.4, -0.2) is 16.6 Å². The Kier molecular flexibility index (Phi) is 10.6. The lowest BCUT2D eigenvalue weighted by atomic mass is 9.90. The fourth-order valence-electron chi connectivity index (χ4n) is 4.22. The molecule has 3 nitrogen and oxygen atoms in total. The zero-order chi connectivity index (χ0) is 21.7. The van der Waals surface area contributed by atoms with Crippen LogP contribution in [0.25, 0.3) is 11.4 Å². The fraction of sp³-hybridized carbons (Fsp3) is 0.593. The van der Waals surface area contributed by atoms with Crippen LogP contribution in [0, 0.1) is 12.3 Å². The first kappa shape index (κ1) is 24.0. The van der Waals surface area contributed by atoms with Crippen molar-refractivity contribution >= 4 is 11.6 Å². The van der Waals surface area contributed by atoms with E-state index in [1.54, 1.807) is 0 Å². The van der Waals surface area contributed by atoms with Gasteiger partial charge < -0.3 is 4.74 Å². The normalized spacial score (nSPS) is 14.6. The molecule has 1 aliphatic rings. The van der Waals surface area contributed by atoms with Gasteiger partial charge in [-0.2, -0.15) is 0 Å². The number of hydrogen-bond donors (Lipinski definition) is 0. The Balaban J connectivity index is 1.42. The maximum atomic E-state index is 6.48. The van der Waals surface area contributed by atoms with E-state index in [1.807, 2.05) is 30.6 Å². The minimum atomic E-state index is 0.631. The molecule has 1 aliphatic carbocycles. The van der Waals surface area contributed by atoms with Crippen molar-refractivity contribution in [3.63, 3.8) is 0 Å². The largest absolute Gasteiger partial charge is 0.492 e. The molecule has 0 spiro atoms.